The highest BCUT2D eigenvalue weighted by atomic mass is 32.2. The van der Waals surface area contributed by atoms with Gasteiger partial charge in [-0.05, 0) is 92.2 Å². The second-order valence-electron chi connectivity index (χ2n) is 9.42. The van der Waals surface area contributed by atoms with Crippen molar-refractivity contribution >= 4 is 16.0 Å². The molecule has 4 saturated carbocycles. The van der Waals surface area contributed by atoms with Crippen molar-refractivity contribution in [3.63, 3.8) is 0 Å². The fraction of sp³-hybridized carbons (Fsp3) is 0.682. The zero-order valence-corrected chi connectivity index (χ0v) is 17.4. The van der Waals surface area contributed by atoms with Crippen LogP contribution in [0.5, 0.6) is 0 Å². The average molecular weight is 406 g/mol. The Labute approximate surface area is 168 Å². The molecule has 154 valence electrons. The van der Waals surface area contributed by atoms with Crippen LogP contribution in [0.25, 0.3) is 0 Å². The van der Waals surface area contributed by atoms with E-state index in [0.717, 1.165) is 44.1 Å². The van der Waals surface area contributed by atoms with Crippen molar-refractivity contribution < 1.29 is 18.3 Å². The molecule has 0 spiro atoms. The van der Waals surface area contributed by atoms with Gasteiger partial charge in [0.25, 0.3) is 0 Å². The molecule has 0 heterocycles. The number of aryl methyl sites for hydroxylation is 1. The summed E-state index contributed by atoms with van der Waals surface area (Å²) in [7, 11) is -3.87. The SMILES string of the molecule is CCCCc1ccc(S(=O)(=O)N[C@@H](C(=O)O)C23CC4CC(CC(C4)C2)C3)cc1. The maximum absolute atomic E-state index is 13.0. The van der Waals surface area contributed by atoms with Gasteiger partial charge in [0.2, 0.25) is 10.0 Å². The molecule has 0 unspecified atom stereocenters. The molecule has 4 fully saturated rings. The third-order valence-electron chi connectivity index (χ3n) is 7.27. The fourth-order valence-electron chi connectivity index (χ4n) is 6.41. The molecule has 1 atom stereocenters. The van der Waals surface area contributed by atoms with Gasteiger partial charge in [-0.3, -0.25) is 4.79 Å². The zero-order chi connectivity index (χ0) is 19.9. The summed E-state index contributed by atoms with van der Waals surface area (Å²) in [5, 5.41) is 9.96. The van der Waals surface area contributed by atoms with E-state index in [1.807, 2.05) is 12.1 Å². The van der Waals surface area contributed by atoms with Crippen LogP contribution in [0.1, 0.15) is 63.9 Å². The van der Waals surface area contributed by atoms with E-state index in [1.165, 1.54) is 19.3 Å². The zero-order valence-electron chi connectivity index (χ0n) is 16.6. The number of aliphatic carboxylic acids is 1. The molecular formula is C22H31NO4S. The lowest BCUT2D eigenvalue weighted by Crippen LogP contribution is -2.59. The largest absolute Gasteiger partial charge is 0.480 e. The first-order valence-corrected chi connectivity index (χ1v) is 12.1. The summed E-state index contributed by atoms with van der Waals surface area (Å²) in [5.74, 6) is 0.659. The van der Waals surface area contributed by atoms with E-state index in [0.29, 0.717) is 17.8 Å². The van der Waals surface area contributed by atoms with Gasteiger partial charge < -0.3 is 5.11 Å². The molecule has 5 nitrogen and oxygen atoms in total. The van der Waals surface area contributed by atoms with Gasteiger partial charge >= 0.3 is 5.97 Å². The van der Waals surface area contributed by atoms with E-state index < -0.39 is 27.4 Å². The number of nitrogens with one attached hydrogen (secondary N) is 1. The van der Waals surface area contributed by atoms with Gasteiger partial charge in [-0.1, -0.05) is 25.5 Å². The number of benzene rings is 1. The van der Waals surface area contributed by atoms with E-state index in [9.17, 15) is 18.3 Å². The Balaban J connectivity index is 1.55. The first-order valence-electron chi connectivity index (χ1n) is 10.7. The minimum atomic E-state index is -3.87. The first kappa shape index (κ1) is 19.9. The molecule has 0 aliphatic heterocycles. The monoisotopic (exact) mass is 405 g/mol. The van der Waals surface area contributed by atoms with Crippen molar-refractivity contribution in [3.05, 3.63) is 29.8 Å². The number of carbonyl (C=O) groups is 1. The molecule has 0 amide bonds. The maximum Gasteiger partial charge on any atom is 0.322 e. The standard InChI is InChI=1S/C22H31NO4S/c1-2-3-4-15-5-7-19(8-6-15)28(26,27)23-20(21(24)25)22-12-16-9-17(13-22)11-18(10-16)14-22/h5-8,16-18,20,23H,2-4,9-14H2,1H3,(H,24,25)/t16?,17?,18?,20-,22?/m0/s1. The molecule has 0 saturated heterocycles. The van der Waals surface area contributed by atoms with Crippen molar-refractivity contribution in [1.82, 2.24) is 4.72 Å². The van der Waals surface area contributed by atoms with Crippen molar-refractivity contribution in [2.45, 2.75) is 75.6 Å². The molecule has 5 rings (SSSR count). The lowest BCUT2D eigenvalue weighted by atomic mass is 9.48. The maximum atomic E-state index is 13.0. The predicted octanol–water partition coefficient (Wildman–Crippen LogP) is 3.98. The van der Waals surface area contributed by atoms with Gasteiger partial charge in [0.05, 0.1) is 4.90 Å². The summed E-state index contributed by atoms with van der Waals surface area (Å²) in [5.41, 5.74) is 0.686. The van der Waals surface area contributed by atoms with Crippen LogP contribution in [0, 0.1) is 23.2 Å². The van der Waals surface area contributed by atoms with Crippen LogP contribution in [0.15, 0.2) is 29.2 Å². The van der Waals surface area contributed by atoms with Crippen LogP contribution in [0.4, 0.5) is 0 Å². The Hall–Kier alpha value is -1.40. The molecule has 0 aromatic heterocycles. The van der Waals surface area contributed by atoms with Crippen LogP contribution in [0.2, 0.25) is 0 Å². The number of hydrogen-bond acceptors (Lipinski definition) is 3. The second kappa shape index (κ2) is 7.45. The number of rotatable bonds is 8. The molecule has 6 heteroatoms. The molecule has 1 aromatic rings. The Morgan fingerprint density at radius 3 is 2.11 bits per heavy atom. The molecule has 4 aliphatic rings. The van der Waals surface area contributed by atoms with Crippen LogP contribution < -0.4 is 4.72 Å². The number of carboxylic acids is 1. The van der Waals surface area contributed by atoms with Crippen LogP contribution in [-0.4, -0.2) is 25.5 Å². The van der Waals surface area contributed by atoms with E-state index >= 15 is 0 Å². The average Bonchev–Trinajstić information content (AvgIpc) is 2.63. The summed E-state index contributed by atoms with van der Waals surface area (Å²) in [6.45, 7) is 2.12. The second-order valence-corrected chi connectivity index (χ2v) is 11.1. The highest BCUT2D eigenvalue weighted by molar-refractivity contribution is 7.89. The highest BCUT2D eigenvalue weighted by Crippen LogP contribution is 2.61. The van der Waals surface area contributed by atoms with Crippen LogP contribution in [0.3, 0.4) is 0 Å². The number of hydrogen-bond donors (Lipinski definition) is 2. The minimum Gasteiger partial charge on any atom is -0.480 e. The minimum absolute atomic E-state index is 0.156. The summed E-state index contributed by atoms with van der Waals surface area (Å²) >= 11 is 0. The normalized spacial score (nSPS) is 32.4. The van der Waals surface area contributed by atoms with E-state index in [1.54, 1.807) is 12.1 Å². The van der Waals surface area contributed by atoms with E-state index in [-0.39, 0.29) is 4.90 Å². The smallest absolute Gasteiger partial charge is 0.322 e. The third-order valence-corrected chi connectivity index (χ3v) is 8.71. The summed E-state index contributed by atoms with van der Waals surface area (Å²) in [6.07, 6.45) is 9.18. The van der Waals surface area contributed by atoms with E-state index in [4.69, 9.17) is 0 Å². The molecular weight excluding hydrogens is 374 g/mol. The van der Waals surface area contributed by atoms with Gasteiger partial charge in [-0.2, -0.15) is 4.72 Å². The summed E-state index contributed by atoms with van der Waals surface area (Å²) in [4.78, 5) is 12.3. The molecule has 28 heavy (non-hydrogen) atoms. The van der Waals surface area contributed by atoms with Crippen molar-refractivity contribution in [1.29, 1.82) is 0 Å². The lowest BCUT2D eigenvalue weighted by molar-refractivity contribution is -0.150. The third kappa shape index (κ3) is 3.73. The topological polar surface area (TPSA) is 83.5 Å². The number of sulfonamides is 1. The Kier molecular flexibility index (Phi) is 5.29. The molecule has 1 aromatic carbocycles. The van der Waals surface area contributed by atoms with Crippen LogP contribution >= 0.6 is 0 Å². The van der Waals surface area contributed by atoms with Gasteiger partial charge in [0, 0.05) is 0 Å². The Bertz CT molecular complexity index is 795. The quantitative estimate of drug-likeness (QED) is 0.685. The highest BCUT2D eigenvalue weighted by Gasteiger charge is 2.56. The molecule has 2 N–H and O–H groups in total. The molecule has 4 aliphatic carbocycles. The van der Waals surface area contributed by atoms with E-state index in [2.05, 4.69) is 11.6 Å². The van der Waals surface area contributed by atoms with Crippen molar-refractivity contribution in [3.8, 4) is 0 Å². The Morgan fingerprint density at radius 2 is 1.64 bits per heavy atom. The molecule has 4 bridgehead atoms. The van der Waals surface area contributed by atoms with Gasteiger partial charge in [-0.25, -0.2) is 8.42 Å². The predicted molar refractivity (Wildman–Crippen MR) is 107 cm³/mol. The van der Waals surface area contributed by atoms with Gasteiger partial charge in [0.15, 0.2) is 0 Å². The Morgan fingerprint density at radius 1 is 1.11 bits per heavy atom. The number of unbranched alkanes of at least 4 members (excludes halogenated alkanes) is 1. The van der Waals surface area contributed by atoms with Crippen molar-refractivity contribution in [2.75, 3.05) is 0 Å². The van der Waals surface area contributed by atoms with Crippen LogP contribution in [-0.2, 0) is 21.2 Å². The summed E-state index contributed by atoms with van der Waals surface area (Å²) in [6, 6.07) is 5.85. The molecule has 0 radical (unpaired) electrons. The first-order chi connectivity index (χ1) is 13.3. The fourth-order valence-corrected chi connectivity index (χ4v) is 7.70. The summed E-state index contributed by atoms with van der Waals surface area (Å²) < 4.78 is 28.6. The van der Waals surface area contributed by atoms with Gasteiger partial charge in [-0.15, -0.1) is 0 Å². The van der Waals surface area contributed by atoms with Gasteiger partial charge in [0.1, 0.15) is 6.04 Å². The van der Waals surface area contributed by atoms with Crippen molar-refractivity contribution in [2.24, 2.45) is 23.2 Å². The lowest BCUT2D eigenvalue weighted by Gasteiger charge is -2.58. The number of carboxylic acid groups (broad SMARTS) is 1.